The van der Waals surface area contributed by atoms with Crippen LogP contribution in [-0.2, 0) is 0 Å². The topological polar surface area (TPSA) is 80.4 Å². The molecule has 5 nitrogen and oxygen atoms in total. The lowest BCUT2D eigenvalue weighted by Gasteiger charge is -2.21. The Morgan fingerprint density at radius 1 is 1.17 bits per heavy atom. The first-order valence-electron chi connectivity index (χ1n) is 8.50. The van der Waals surface area contributed by atoms with Crippen LogP contribution in [0, 0.1) is 16.0 Å². The minimum absolute atomic E-state index is 0.0659. The molecule has 2 aromatic rings. The summed E-state index contributed by atoms with van der Waals surface area (Å²) in [6, 6.07) is 7.79. The average molecular weight is 327 g/mol. The van der Waals surface area contributed by atoms with Crippen LogP contribution in [0.5, 0.6) is 5.75 Å². The molecular formula is C19H21NO4. The third kappa shape index (κ3) is 3.25. The van der Waals surface area contributed by atoms with Gasteiger partial charge in [0.25, 0.3) is 5.69 Å². The van der Waals surface area contributed by atoms with Gasteiger partial charge in [0.2, 0.25) is 0 Å². The summed E-state index contributed by atoms with van der Waals surface area (Å²) in [7, 11) is 0. The van der Waals surface area contributed by atoms with Gasteiger partial charge in [0.05, 0.1) is 15.9 Å². The fourth-order valence-corrected chi connectivity index (χ4v) is 3.65. The zero-order chi connectivity index (χ0) is 17.1. The van der Waals surface area contributed by atoms with E-state index < -0.39 is 4.92 Å². The number of aromatic hydroxyl groups is 1. The van der Waals surface area contributed by atoms with Crippen molar-refractivity contribution in [3.05, 3.63) is 46.0 Å². The first-order chi connectivity index (χ1) is 11.6. The monoisotopic (exact) mass is 327 g/mol. The molecule has 0 unspecified atom stereocenters. The molecule has 0 amide bonds. The van der Waals surface area contributed by atoms with Gasteiger partial charge in [-0.3, -0.25) is 14.9 Å². The molecule has 24 heavy (non-hydrogen) atoms. The minimum Gasteiger partial charge on any atom is -0.507 e. The van der Waals surface area contributed by atoms with Crippen molar-refractivity contribution >= 4 is 22.2 Å². The van der Waals surface area contributed by atoms with Crippen LogP contribution in [0.15, 0.2) is 30.3 Å². The highest BCUT2D eigenvalue weighted by Gasteiger charge is 2.23. The lowest BCUT2D eigenvalue weighted by atomic mass is 9.85. The fraction of sp³-hybridized carbons (Fsp3) is 0.421. The third-order valence-electron chi connectivity index (χ3n) is 5.00. The molecule has 0 spiro atoms. The molecule has 0 aliphatic heterocycles. The number of rotatable bonds is 5. The van der Waals surface area contributed by atoms with Crippen molar-refractivity contribution in [2.75, 3.05) is 0 Å². The average Bonchev–Trinajstić information content (AvgIpc) is 2.61. The van der Waals surface area contributed by atoms with Crippen LogP contribution in [0.1, 0.15) is 55.3 Å². The maximum absolute atomic E-state index is 12.5. The second-order valence-corrected chi connectivity index (χ2v) is 6.56. The van der Waals surface area contributed by atoms with Crippen LogP contribution >= 0.6 is 0 Å². The lowest BCUT2D eigenvalue weighted by molar-refractivity contribution is -0.383. The molecule has 3 rings (SSSR count). The van der Waals surface area contributed by atoms with E-state index in [-0.39, 0.29) is 22.8 Å². The maximum Gasteiger partial charge on any atom is 0.278 e. The molecule has 5 heteroatoms. The molecule has 1 N–H and O–H groups in total. The quantitative estimate of drug-likeness (QED) is 0.476. The van der Waals surface area contributed by atoms with Gasteiger partial charge in [-0.1, -0.05) is 50.3 Å². The van der Waals surface area contributed by atoms with E-state index in [1.807, 2.05) is 0 Å². The van der Waals surface area contributed by atoms with E-state index in [2.05, 4.69) is 0 Å². The molecule has 0 saturated heterocycles. The van der Waals surface area contributed by atoms with Crippen LogP contribution in [-0.4, -0.2) is 15.8 Å². The number of phenolic OH excluding ortho intramolecular Hbond substituents is 1. The molecule has 0 radical (unpaired) electrons. The van der Waals surface area contributed by atoms with Gasteiger partial charge in [0, 0.05) is 17.9 Å². The number of phenols is 1. The van der Waals surface area contributed by atoms with Crippen molar-refractivity contribution in [3.63, 3.8) is 0 Å². The highest BCUT2D eigenvalue weighted by atomic mass is 16.6. The van der Waals surface area contributed by atoms with Crippen molar-refractivity contribution < 1.29 is 14.8 Å². The van der Waals surface area contributed by atoms with E-state index in [9.17, 15) is 20.0 Å². The van der Waals surface area contributed by atoms with Gasteiger partial charge in [-0.2, -0.15) is 0 Å². The summed E-state index contributed by atoms with van der Waals surface area (Å²) in [4.78, 5) is 23.4. The molecule has 0 atom stereocenters. The number of nitro groups is 1. The molecular weight excluding hydrogens is 306 g/mol. The standard InChI is InChI=1S/C19H21NO4/c21-18(11-10-13-6-2-1-3-7-13)16-12-17(20(23)24)14-8-4-5-9-15(14)19(16)22/h4-5,8-9,12-13,22H,1-3,6-7,10-11H2. The molecule has 2 aromatic carbocycles. The number of benzene rings is 2. The van der Waals surface area contributed by atoms with Gasteiger partial charge < -0.3 is 5.11 Å². The maximum atomic E-state index is 12.5. The molecule has 126 valence electrons. The second kappa shape index (κ2) is 6.99. The fourth-order valence-electron chi connectivity index (χ4n) is 3.65. The van der Waals surface area contributed by atoms with Crippen molar-refractivity contribution in [2.24, 2.45) is 5.92 Å². The van der Waals surface area contributed by atoms with E-state index in [4.69, 9.17) is 0 Å². The Balaban J connectivity index is 1.89. The number of ketones is 1. The number of nitro benzene ring substituents is 1. The molecule has 1 aliphatic rings. The Bertz CT molecular complexity index is 778. The van der Waals surface area contributed by atoms with Crippen molar-refractivity contribution in [3.8, 4) is 5.75 Å². The van der Waals surface area contributed by atoms with Gasteiger partial charge in [0.15, 0.2) is 5.78 Å². The number of carbonyl (C=O) groups is 1. The first kappa shape index (κ1) is 16.4. The number of nitrogens with zero attached hydrogens (tertiary/aromatic N) is 1. The Hall–Kier alpha value is -2.43. The van der Waals surface area contributed by atoms with Crippen molar-refractivity contribution in [2.45, 2.75) is 44.9 Å². The van der Waals surface area contributed by atoms with Gasteiger partial charge in [-0.15, -0.1) is 0 Å². The first-order valence-corrected chi connectivity index (χ1v) is 8.50. The predicted octanol–water partition coefficient (Wildman–Crippen LogP) is 5.00. The summed E-state index contributed by atoms with van der Waals surface area (Å²) in [5.41, 5.74) is -0.0689. The van der Waals surface area contributed by atoms with Crippen LogP contribution in [0.25, 0.3) is 10.8 Å². The van der Waals surface area contributed by atoms with Crippen LogP contribution in [0.3, 0.4) is 0 Å². The third-order valence-corrected chi connectivity index (χ3v) is 5.00. The number of non-ortho nitro benzene ring substituents is 1. The largest absolute Gasteiger partial charge is 0.507 e. The minimum atomic E-state index is -0.500. The molecule has 0 aromatic heterocycles. The number of fused-ring (bicyclic) bond motifs is 1. The van der Waals surface area contributed by atoms with E-state index in [0.29, 0.717) is 23.1 Å². The number of hydrogen-bond donors (Lipinski definition) is 1. The highest BCUT2D eigenvalue weighted by Crippen LogP contribution is 2.37. The van der Waals surface area contributed by atoms with Crippen LogP contribution in [0.4, 0.5) is 5.69 Å². The Morgan fingerprint density at radius 2 is 1.83 bits per heavy atom. The lowest BCUT2D eigenvalue weighted by Crippen LogP contribution is -2.09. The molecule has 1 fully saturated rings. The predicted molar refractivity (Wildman–Crippen MR) is 92.4 cm³/mol. The van der Waals surface area contributed by atoms with E-state index in [0.717, 1.165) is 19.3 Å². The van der Waals surface area contributed by atoms with Gasteiger partial charge >= 0.3 is 0 Å². The second-order valence-electron chi connectivity index (χ2n) is 6.56. The normalized spacial score (nSPS) is 15.5. The number of Topliss-reactive ketones (excluding diaryl/α,β-unsaturated/α-hetero) is 1. The van der Waals surface area contributed by atoms with Gasteiger partial charge in [-0.25, -0.2) is 0 Å². The summed E-state index contributed by atoms with van der Waals surface area (Å²) in [5, 5.41) is 22.4. The zero-order valence-electron chi connectivity index (χ0n) is 13.5. The van der Waals surface area contributed by atoms with E-state index >= 15 is 0 Å². The molecule has 1 aliphatic carbocycles. The Kier molecular flexibility index (Phi) is 4.79. The van der Waals surface area contributed by atoms with E-state index in [1.54, 1.807) is 24.3 Å². The smallest absolute Gasteiger partial charge is 0.278 e. The van der Waals surface area contributed by atoms with Crippen molar-refractivity contribution in [1.29, 1.82) is 0 Å². The van der Waals surface area contributed by atoms with Crippen LogP contribution in [0.2, 0.25) is 0 Å². The summed E-state index contributed by atoms with van der Waals surface area (Å²) in [6.45, 7) is 0. The zero-order valence-corrected chi connectivity index (χ0v) is 13.5. The summed E-state index contributed by atoms with van der Waals surface area (Å²) in [6.07, 6.45) is 7.11. The van der Waals surface area contributed by atoms with Gasteiger partial charge in [-0.05, 0) is 18.4 Å². The number of hydrogen-bond acceptors (Lipinski definition) is 4. The van der Waals surface area contributed by atoms with Gasteiger partial charge in [0.1, 0.15) is 5.75 Å². The Labute approximate surface area is 140 Å². The van der Waals surface area contributed by atoms with Crippen LogP contribution < -0.4 is 0 Å². The summed E-state index contributed by atoms with van der Waals surface area (Å²) < 4.78 is 0. The molecule has 0 bridgehead atoms. The van der Waals surface area contributed by atoms with E-state index in [1.165, 1.54) is 25.3 Å². The molecule has 0 heterocycles. The summed E-state index contributed by atoms with van der Waals surface area (Å²) in [5.74, 6) is 0.192. The highest BCUT2D eigenvalue weighted by molar-refractivity contribution is 6.07. The molecule has 1 saturated carbocycles. The Morgan fingerprint density at radius 3 is 2.50 bits per heavy atom. The summed E-state index contributed by atoms with van der Waals surface area (Å²) >= 11 is 0. The van der Waals surface area contributed by atoms with Crippen molar-refractivity contribution in [1.82, 2.24) is 0 Å². The number of carbonyl (C=O) groups excluding carboxylic acids is 1. The SMILES string of the molecule is O=C(CCC1CCCCC1)c1cc([N+](=O)[O-])c2ccccc2c1O.